The normalized spacial score (nSPS) is 11.0. The highest BCUT2D eigenvalue weighted by atomic mass is 32.2. The molecule has 0 fully saturated rings. The Morgan fingerprint density at radius 1 is 0.939 bits per heavy atom. The van der Waals surface area contributed by atoms with Crippen molar-refractivity contribution in [3.8, 4) is 11.5 Å². The number of ether oxygens (including phenoxy) is 2. The van der Waals surface area contributed by atoms with E-state index in [-0.39, 0.29) is 10.8 Å². The summed E-state index contributed by atoms with van der Waals surface area (Å²) in [5.41, 5.74) is 3.32. The van der Waals surface area contributed by atoms with Crippen molar-refractivity contribution in [2.75, 3.05) is 25.5 Å². The molecule has 1 amide bonds. The second kappa shape index (κ2) is 10.4. The standard InChI is InChI=1S/C25H28N2O5S/c1-17-6-5-7-20(14-17)27-33(29,30)22-11-8-18(2)23(16-22)25(28)26-13-12-19-9-10-21(31-3)15-24(19)32-4/h5-11,14-16,27H,12-13H2,1-4H3,(H,26,28). The Morgan fingerprint density at radius 2 is 1.73 bits per heavy atom. The number of anilines is 1. The molecule has 0 heterocycles. The van der Waals surface area contributed by atoms with Gasteiger partial charge in [-0.1, -0.05) is 24.3 Å². The average Bonchev–Trinajstić information content (AvgIpc) is 2.79. The fraction of sp³-hybridized carbons (Fsp3) is 0.240. The van der Waals surface area contributed by atoms with Gasteiger partial charge >= 0.3 is 0 Å². The summed E-state index contributed by atoms with van der Waals surface area (Å²) in [6, 6.07) is 17.1. The Labute approximate surface area is 194 Å². The molecule has 0 aromatic heterocycles. The van der Waals surface area contributed by atoms with Crippen molar-refractivity contribution < 1.29 is 22.7 Å². The van der Waals surface area contributed by atoms with Crippen LogP contribution >= 0.6 is 0 Å². The molecule has 8 heteroatoms. The largest absolute Gasteiger partial charge is 0.497 e. The van der Waals surface area contributed by atoms with E-state index in [2.05, 4.69) is 10.0 Å². The molecule has 0 aliphatic heterocycles. The summed E-state index contributed by atoms with van der Waals surface area (Å²) < 4.78 is 38.9. The Kier molecular flexibility index (Phi) is 7.60. The van der Waals surface area contributed by atoms with Crippen molar-refractivity contribution in [1.82, 2.24) is 5.32 Å². The topological polar surface area (TPSA) is 93.7 Å². The quantitative estimate of drug-likeness (QED) is 0.493. The molecule has 0 aliphatic carbocycles. The third-order valence-electron chi connectivity index (χ3n) is 5.21. The first kappa shape index (κ1) is 24.1. The summed E-state index contributed by atoms with van der Waals surface area (Å²) in [4.78, 5) is 12.8. The van der Waals surface area contributed by atoms with Crippen LogP contribution in [0.1, 0.15) is 27.0 Å². The fourth-order valence-corrected chi connectivity index (χ4v) is 4.48. The summed E-state index contributed by atoms with van der Waals surface area (Å²) in [5, 5.41) is 2.86. The molecular weight excluding hydrogens is 440 g/mol. The maximum atomic E-state index is 12.9. The molecule has 0 bridgehead atoms. The van der Waals surface area contributed by atoms with Gasteiger partial charge in [0.2, 0.25) is 0 Å². The third-order valence-corrected chi connectivity index (χ3v) is 6.59. The number of hydrogen-bond donors (Lipinski definition) is 2. The summed E-state index contributed by atoms with van der Waals surface area (Å²) in [5.74, 6) is 1.02. The maximum Gasteiger partial charge on any atom is 0.261 e. The first-order valence-electron chi connectivity index (χ1n) is 10.4. The van der Waals surface area contributed by atoms with Crippen molar-refractivity contribution in [2.45, 2.75) is 25.2 Å². The molecule has 0 aliphatic rings. The highest BCUT2D eigenvalue weighted by Crippen LogP contribution is 2.25. The Hall–Kier alpha value is -3.52. The monoisotopic (exact) mass is 468 g/mol. The van der Waals surface area contributed by atoms with E-state index in [1.807, 2.05) is 25.1 Å². The van der Waals surface area contributed by atoms with Gasteiger partial charge in [0.25, 0.3) is 15.9 Å². The lowest BCUT2D eigenvalue weighted by Crippen LogP contribution is -2.27. The van der Waals surface area contributed by atoms with Gasteiger partial charge in [-0.3, -0.25) is 9.52 Å². The summed E-state index contributed by atoms with van der Waals surface area (Å²) in [6.07, 6.45) is 0.546. The minimum Gasteiger partial charge on any atom is -0.497 e. The molecule has 0 spiro atoms. The molecule has 0 radical (unpaired) electrons. The molecule has 33 heavy (non-hydrogen) atoms. The number of hydrogen-bond acceptors (Lipinski definition) is 5. The molecular formula is C25H28N2O5S. The smallest absolute Gasteiger partial charge is 0.261 e. The van der Waals surface area contributed by atoms with E-state index in [0.717, 1.165) is 11.1 Å². The minimum absolute atomic E-state index is 0.0246. The Balaban J connectivity index is 1.72. The van der Waals surface area contributed by atoms with Crippen LogP contribution in [0.25, 0.3) is 0 Å². The van der Waals surface area contributed by atoms with Gasteiger partial charge < -0.3 is 14.8 Å². The van der Waals surface area contributed by atoms with Crippen LogP contribution in [0.5, 0.6) is 11.5 Å². The highest BCUT2D eigenvalue weighted by Gasteiger charge is 2.18. The van der Waals surface area contributed by atoms with Gasteiger partial charge in [0.1, 0.15) is 11.5 Å². The first-order chi connectivity index (χ1) is 15.7. The zero-order chi connectivity index (χ0) is 24.0. The van der Waals surface area contributed by atoms with Crippen molar-refractivity contribution >= 4 is 21.6 Å². The number of carbonyl (C=O) groups is 1. The van der Waals surface area contributed by atoms with Crippen LogP contribution in [-0.4, -0.2) is 35.1 Å². The summed E-state index contributed by atoms with van der Waals surface area (Å²) >= 11 is 0. The van der Waals surface area contributed by atoms with E-state index >= 15 is 0 Å². The van der Waals surface area contributed by atoms with E-state index in [4.69, 9.17) is 9.47 Å². The first-order valence-corrected chi connectivity index (χ1v) is 11.9. The third kappa shape index (κ3) is 6.04. The van der Waals surface area contributed by atoms with Crippen LogP contribution < -0.4 is 19.5 Å². The van der Waals surface area contributed by atoms with E-state index in [1.165, 1.54) is 12.1 Å². The average molecular weight is 469 g/mol. The summed E-state index contributed by atoms with van der Waals surface area (Å²) in [7, 11) is -0.675. The zero-order valence-corrected chi connectivity index (χ0v) is 20.0. The molecule has 7 nitrogen and oxygen atoms in total. The number of nitrogens with one attached hydrogen (secondary N) is 2. The lowest BCUT2D eigenvalue weighted by atomic mass is 10.1. The van der Waals surface area contributed by atoms with Crippen molar-refractivity contribution in [3.05, 3.63) is 82.9 Å². The number of sulfonamides is 1. The van der Waals surface area contributed by atoms with Crippen LogP contribution in [0.4, 0.5) is 5.69 Å². The Bertz CT molecular complexity index is 1260. The number of amides is 1. The lowest BCUT2D eigenvalue weighted by molar-refractivity contribution is 0.0953. The number of rotatable bonds is 9. The van der Waals surface area contributed by atoms with Gasteiger partial charge in [0, 0.05) is 23.9 Å². The predicted molar refractivity (Wildman–Crippen MR) is 129 cm³/mol. The van der Waals surface area contributed by atoms with E-state index in [0.29, 0.717) is 41.3 Å². The number of methoxy groups -OCH3 is 2. The zero-order valence-electron chi connectivity index (χ0n) is 19.1. The van der Waals surface area contributed by atoms with Crippen molar-refractivity contribution in [3.63, 3.8) is 0 Å². The summed E-state index contributed by atoms with van der Waals surface area (Å²) in [6.45, 7) is 4.01. The molecule has 3 aromatic carbocycles. The molecule has 0 saturated heterocycles. The molecule has 3 rings (SSSR count). The van der Waals surface area contributed by atoms with Crippen LogP contribution in [0.3, 0.4) is 0 Å². The molecule has 174 valence electrons. The van der Waals surface area contributed by atoms with Crippen molar-refractivity contribution in [1.29, 1.82) is 0 Å². The molecule has 0 atom stereocenters. The number of carbonyl (C=O) groups excluding carboxylic acids is 1. The van der Waals surface area contributed by atoms with E-state index < -0.39 is 10.0 Å². The van der Waals surface area contributed by atoms with E-state index in [1.54, 1.807) is 51.5 Å². The van der Waals surface area contributed by atoms with Crippen molar-refractivity contribution in [2.24, 2.45) is 0 Å². The molecule has 2 N–H and O–H groups in total. The molecule has 3 aromatic rings. The van der Waals surface area contributed by atoms with Crippen LogP contribution in [0, 0.1) is 13.8 Å². The second-order valence-electron chi connectivity index (χ2n) is 7.64. The van der Waals surface area contributed by atoms with Crippen LogP contribution in [-0.2, 0) is 16.4 Å². The van der Waals surface area contributed by atoms with E-state index in [9.17, 15) is 13.2 Å². The van der Waals surface area contributed by atoms with Gasteiger partial charge in [0.05, 0.1) is 19.1 Å². The Morgan fingerprint density at radius 3 is 2.42 bits per heavy atom. The minimum atomic E-state index is -3.84. The predicted octanol–water partition coefficient (Wildman–Crippen LogP) is 4.09. The SMILES string of the molecule is COc1ccc(CCNC(=O)c2cc(S(=O)(=O)Nc3cccc(C)c3)ccc2C)c(OC)c1. The number of benzene rings is 3. The van der Waals surface area contributed by atoms with Gasteiger partial charge in [-0.2, -0.15) is 0 Å². The second-order valence-corrected chi connectivity index (χ2v) is 9.32. The van der Waals surface area contributed by atoms with Gasteiger partial charge in [-0.25, -0.2) is 8.42 Å². The van der Waals surface area contributed by atoms with Gasteiger partial charge in [-0.15, -0.1) is 0 Å². The van der Waals surface area contributed by atoms with Crippen LogP contribution in [0.15, 0.2) is 65.6 Å². The lowest BCUT2D eigenvalue weighted by Gasteiger charge is -2.13. The molecule has 0 saturated carbocycles. The van der Waals surface area contributed by atoms with Gasteiger partial charge in [0.15, 0.2) is 0 Å². The van der Waals surface area contributed by atoms with Crippen LogP contribution in [0.2, 0.25) is 0 Å². The fourth-order valence-electron chi connectivity index (χ4n) is 3.40. The van der Waals surface area contributed by atoms with Gasteiger partial charge in [-0.05, 0) is 67.3 Å². The molecule has 0 unspecified atom stereocenters. The number of aryl methyl sites for hydroxylation is 2. The highest BCUT2D eigenvalue weighted by molar-refractivity contribution is 7.92. The maximum absolute atomic E-state index is 12.9.